The van der Waals surface area contributed by atoms with Crippen molar-refractivity contribution in [3.8, 4) is 0 Å². The van der Waals surface area contributed by atoms with Crippen molar-refractivity contribution in [1.29, 1.82) is 0 Å². The van der Waals surface area contributed by atoms with Crippen molar-refractivity contribution in [2.24, 2.45) is 10.8 Å². The molecule has 2 heterocycles. The zero-order valence-electron chi connectivity index (χ0n) is 14.3. The van der Waals surface area contributed by atoms with E-state index in [-0.39, 0.29) is 0 Å². The van der Waals surface area contributed by atoms with Crippen molar-refractivity contribution in [1.82, 2.24) is 9.97 Å². The number of piperidine rings is 1. The Bertz CT molecular complexity index is 842. The molecule has 2 saturated carbocycles. The summed E-state index contributed by atoms with van der Waals surface area (Å²) in [6.45, 7) is 1.32. The second-order valence-corrected chi connectivity index (χ2v) is 8.54. The van der Waals surface area contributed by atoms with E-state index in [4.69, 9.17) is 0 Å². The Balaban J connectivity index is 1.44. The third-order valence-corrected chi connectivity index (χ3v) is 7.73. The number of rotatable bonds is 2. The van der Waals surface area contributed by atoms with E-state index in [1.807, 2.05) is 12.3 Å². The molecule has 3 aliphatic rings. The minimum atomic E-state index is -2.45. The maximum absolute atomic E-state index is 14.6. The fourth-order valence-electron chi connectivity index (χ4n) is 5.36. The molecule has 0 radical (unpaired) electrons. The average molecular weight is 361 g/mol. The second-order valence-electron chi connectivity index (χ2n) is 7.66. The van der Waals surface area contributed by atoms with Crippen LogP contribution in [0.4, 0.5) is 14.6 Å². The van der Waals surface area contributed by atoms with E-state index < -0.39 is 16.8 Å². The van der Waals surface area contributed by atoms with Gasteiger partial charge in [-0.05, 0) is 50.1 Å². The SMILES string of the molecule is CSc1ccc2ncnc(N3CCC4(CC3)C(F)(F)C43CCC3)c2c1. The molecule has 1 aromatic heterocycles. The molecule has 6 heteroatoms. The quantitative estimate of drug-likeness (QED) is 0.722. The highest BCUT2D eigenvalue weighted by Gasteiger charge is 2.91. The van der Waals surface area contributed by atoms with Gasteiger partial charge in [0.15, 0.2) is 0 Å². The van der Waals surface area contributed by atoms with Crippen LogP contribution in [0, 0.1) is 10.8 Å². The molecule has 3 nitrogen and oxygen atoms in total. The van der Waals surface area contributed by atoms with E-state index >= 15 is 0 Å². The third kappa shape index (κ3) is 1.81. The van der Waals surface area contributed by atoms with Gasteiger partial charge in [0.1, 0.15) is 12.1 Å². The molecule has 2 aliphatic carbocycles. The van der Waals surface area contributed by atoms with Crippen molar-refractivity contribution in [3.63, 3.8) is 0 Å². The molecule has 25 heavy (non-hydrogen) atoms. The molecule has 132 valence electrons. The maximum Gasteiger partial charge on any atom is 0.260 e. The molecule has 0 unspecified atom stereocenters. The Labute approximate surface area is 150 Å². The predicted octanol–water partition coefficient (Wildman–Crippen LogP) is 4.76. The Kier molecular flexibility index (Phi) is 3.20. The molecule has 1 aliphatic heterocycles. The summed E-state index contributed by atoms with van der Waals surface area (Å²) in [5, 5.41) is 1.02. The zero-order chi connectivity index (χ0) is 17.3. The first-order chi connectivity index (χ1) is 12.0. The lowest BCUT2D eigenvalue weighted by atomic mass is 9.72. The first kappa shape index (κ1) is 15.8. The summed E-state index contributed by atoms with van der Waals surface area (Å²) in [5.74, 6) is -1.56. The van der Waals surface area contributed by atoms with E-state index in [2.05, 4.69) is 27.0 Å². The van der Waals surface area contributed by atoms with Crippen molar-refractivity contribution < 1.29 is 8.78 Å². The number of aromatic nitrogens is 2. The first-order valence-corrected chi connectivity index (χ1v) is 10.2. The summed E-state index contributed by atoms with van der Waals surface area (Å²) in [5.41, 5.74) is -0.483. The van der Waals surface area contributed by atoms with Crippen molar-refractivity contribution in [2.75, 3.05) is 24.2 Å². The lowest BCUT2D eigenvalue weighted by molar-refractivity contribution is 0.0203. The number of hydrogen-bond acceptors (Lipinski definition) is 4. The number of thioether (sulfide) groups is 1. The summed E-state index contributed by atoms with van der Waals surface area (Å²) in [4.78, 5) is 12.2. The highest BCUT2D eigenvalue weighted by Crippen LogP contribution is 2.85. The molecule has 0 N–H and O–H groups in total. The van der Waals surface area contributed by atoms with Gasteiger partial charge in [-0.2, -0.15) is 0 Å². The fourth-order valence-corrected chi connectivity index (χ4v) is 5.80. The van der Waals surface area contributed by atoms with Crippen LogP contribution in [0.2, 0.25) is 0 Å². The fraction of sp³-hybridized carbons (Fsp3) is 0.579. The third-order valence-electron chi connectivity index (χ3n) is 7.00. The number of hydrogen-bond donors (Lipinski definition) is 0. The van der Waals surface area contributed by atoms with E-state index in [0.717, 1.165) is 23.1 Å². The van der Waals surface area contributed by atoms with Crippen LogP contribution in [-0.4, -0.2) is 35.2 Å². The highest BCUT2D eigenvalue weighted by molar-refractivity contribution is 7.98. The molecular weight excluding hydrogens is 340 g/mol. The largest absolute Gasteiger partial charge is 0.356 e. The molecular formula is C19H21F2N3S. The molecule has 0 amide bonds. The summed E-state index contributed by atoms with van der Waals surface area (Å²) in [6, 6.07) is 6.18. The monoisotopic (exact) mass is 361 g/mol. The number of nitrogens with zero attached hydrogens (tertiary/aromatic N) is 3. The topological polar surface area (TPSA) is 29.0 Å². The Hall–Kier alpha value is -1.43. The Morgan fingerprint density at radius 3 is 2.36 bits per heavy atom. The van der Waals surface area contributed by atoms with Crippen LogP contribution >= 0.6 is 11.8 Å². The highest BCUT2D eigenvalue weighted by atomic mass is 32.2. The zero-order valence-corrected chi connectivity index (χ0v) is 15.1. The molecule has 0 atom stereocenters. The van der Waals surface area contributed by atoms with Crippen LogP contribution in [-0.2, 0) is 0 Å². The van der Waals surface area contributed by atoms with E-state index in [1.165, 1.54) is 4.90 Å². The molecule has 1 saturated heterocycles. The smallest absolute Gasteiger partial charge is 0.260 e. The van der Waals surface area contributed by atoms with Gasteiger partial charge in [-0.15, -0.1) is 11.8 Å². The van der Waals surface area contributed by atoms with E-state index in [0.29, 0.717) is 38.8 Å². The van der Waals surface area contributed by atoms with Gasteiger partial charge in [0.2, 0.25) is 0 Å². The van der Waals surface area contributed by atoms with Crippen LogP contribution in [0.15, 0.2) is 29.4 Å². The molecule has 2 spiro atoms. The molecule has 0 bridgehead atoms. The standard InChI is InChI=1S/C19H21F2N3S/c1-25-13-3-4-15-14(11-13)16(23-12-22-15)24-9-7-18(8-10-24)17(5-2-6-17)19(18,20)21/h3-4,11-12H,2,5-10H2,1H3. The van der Waals surface area contributed by atoms with Gasteiger partial charge in [-0.25, -0.2) is 18.7 Å². The lowest BCUT2D eigenvalue weighted by Crippen LogP contribution is -2.39. The normalized spacial score (nSPS) is 25.3. The maximum atomic E-state index is 14.6. The minimum absolute atomic E-state index is 0.577. The van der Waals surface area contributed by atoms with Crippen molar-refractivity contribution in [3.05, 3.63) is 24.5 Å². The van der Waals surface area contributed by atoms with Gasteiger partial charge in [0.25, 0.3) is 5.92 Å². The van der Waals surface area contributed by atoms with Crippen molar-refractivity contribution >= 4 is 28.5 Å². The van der Waals surface area contributed by atoms with Crippen molar-refractivity contribution in [2.45, 2.75) is 42.9 Å². The number of benzene rings is 1. The molecule has 3 fully saturated rings. The molecule has 5 rings (SSSR count). The Morgan fingerprint density at radius 1 is 1.04 bits per heavy atom. The number of halogens is 2. The van der Waals surface area contributed by atoms with Gasteiger partial charge in [-0.3, -0.25) is 0 Å². The minimum Gasteiger partial charge on any atom is -0.356 e. The Morgan fingerprint density at radius 2 is 1.76 bits per heavy atom. The average Bonchev–Trinajstić information content (AvgIpc) is 3.03. The van der Waals surface area contributed by atoms with Crippen LogP contribution < -0.4 is 4.90 Å². The van der Waals surface area contributed by atoms with Gasteiger partial charge < -0.3 is 4.90 Å². The summed E-state index contributed by atoms with van der Waals surface area (Å²) in [6.07, 6.45) is 7.18. The van der Waals surface area contributed by atoms with E-state index in [9.17, 15) is 8.78 Å². The molecule has 2 aromatic rings. The predicted molar refractivity (Wildman–Crippen MR) is 96.4 cm³/mol. The van der Waals surface area contributed by atoms with Gasteiger partial charge in [0.05, 0.1) is 5.52 Å². The second kappa shape index (κ2) is 5.06. The number of alkyl halides is 2. The van der Waals surface area contributed by atoms with E-state index in [1.54, 1.807) is 18.1 Å². The lowest BCUT2D eigenvalue weighted by Gasteiger charge is -2.37. The van der Waals surface area contributed by atoms with Gasteiger partial charge in [-0.1, -0.05) is 6.42 Å². The molecule has 1 aromatic carbocycles. The summed E-state index contributed by atoms with van der Waals surface area (Å²) in [7, 11) is 0. The first-order valence-electron chi connectivity index (χ1n) is 8.96. The van der Waals surface area contributed by atoms with Gasteiger partial charge in [0, 0.05) is 34.2 Å². The number of anilines is 1. The van der Waals surface area contributed by atoms with Gasteiger partial charge >= 0.3 is 0 Å². The van der Waals surface area contributed by atoms with Crippen LogP contribution in [0.1, 0.15) is 32.1 Å². The summed E-state index contributed by atoms with van der Waals surface area (Å²) < 4.78 is 29.2. The number of fused-ring (bicyclic) bond motifs is 2. The summed E-state index contributed by atoms with van der Waals surface area (Å²) >= 11 is 1.69. The van der Waals surface area contributed by atoms with Crippen LogP contribution in [0.5, 0.6) is 0 Å². The van der Waals surface area contributed by atoms with Crippen LogP contribution in [0.25, 0.3) is 10.9 Å². The van der Waals surface area contributed by atoms with Crippen LogP contribution in [0.3, 0.4) is 0 Å².